The van der Waals surface area contributed by atoms with Gasteiger partial charge in [0.05, 0.1) is 6.61 Å². The van der Waals surface area contributed by atoms with E-state index in [0.717, 1.165) is 28.2 Å². The van der Waals surface area contributed by atoms with Crippen LogP contribution in [-0.4, -0.2) is 7.11 Å². The largest absolute Gasteiger partial charge is 0.457 e. The molecular formula is C16H17ClO2. The molecule has 2 nitrogen and oxygen atoms in total. The molecule has 0 aliphatic rings. The quantitative estimate of drug-likeness (QED) is 0.739. The first-order chi connectivity index (χ1) is 9.22. The number of ether oxygens (including phenoxy) is 2. The molecule has 2 aromatic carbocycles. The Morgan fingerprint density at radius 1 is 1.05 bits per heavy atom. The third-order valence-electron chi connectivity index (χ3n) is 2.83. The third-order valence-corrected chi connectivity index (χ3v) is 3.14. The van der Waals surface area contributed by atoms with E-state index in [1.807, 2.05) is 49.4 Å². The maximum atomic E-state index is 5.90. The molecule has 0 spiro atoms. The predicted octanol–water partition coefficient (Wildman–Crippen LogP) is 4.67. The van der Waals surface area contributed by atoms with Crippen LogP contribution in [-0.2, 0) is 17.2 Å². The van der Waals surface area contributed by atoms with Crippen molar-refractivity contribution in [3.8, 4) is 11.5 Å². The molecule has 3 heteroatoms. The van der Waals surface area contributed by atoms with Gasteiger partial charge in [0.1, 0.15) is 11.5 Å². The van der Waals surface area contributed by atoms with Gasteiger partial charge in [0.2, 0.25) is 0 Å². The Labute approximate surface area is 118 Å². The molecule has 19 heavy (non-hydrogen) atoms. The lowest BCUT2D eigenvalue weighted by Crippen LogP contribution is -1.91. The number of hydrogen-bond acceptors (Lipinski definition) is 2. The molecule has 0 atom stereocenters. The van der Waals surface area contributed by atoms with Gasteiger partial charge in [0, 0.05) is 13.0 Å². The second-order valence-electron chi connectivity index (χ2n) is 4.42. The first-order valence-electron chi connectivity index (χ1n) is 6.14. The zero-order valence-electron chi connectivity index (χ0n) is 11.2. The topological polar surface area (TPSA) is 18.5 Å². The Morgan fingerprint density at radius 3 is 2.58 bits per heavy atom. The molecule has 0 N–H and O–H groups in total. The molecule has 0 unspecified atom stereocenters. The number of halogens is 1. The fourth-order valence-corrected chi connectivity index (χ4v) is 2.07. The van der Waals surface area contributed by atoms with Gasteiger partial charge in [0.25, 0.3) is 0 Å². The number of alkyl halides is 1. The molecule has 0 saturated heterocycles. The molecule has 0 aliphatic carbocycles. The summed E-state index contributed by atoms with van der Waals surface area (Å²) in [7, 11) is 1.68. The molecule has 0 radical (unpaired) electrons. The Morgan fingerprint density at radius 2 is 1.89 bits per heavy atom. The summed E-state index contributed by atoms with van der Waals surface area (Å²) in [6.07, 6.45) is 0. The average Bonchev–Trinajstić information content (AvgIpc) is 2.42. The van der Waals surface area contributed by atoms with Crippen molar-refractivity contribution in [2.75, 3.05) is 7.11 Å². The van der Waals surface area contributed by atoms with Crippen LogP contribution in [0.2, 0.25) is 0 Å². The van der Waals surface area contributed by atoms with Gasteiger partial charge in [-0.3, -0.25) is 0 Å². The Balaban J connectivity index is 2.18. The maximum absolute atomic E-state index is 5.90. The van der Waals surface area contributed by atoms with Crippen molar-refractivity contribution >= 4 is 11.6 Å². The highest BCUT2D eigenvalue weighted by atomic mass is 35.5. The SMILES string of the molecule is COCc1cccc(Oc2ccc(CCl)cc2C)c1. The summed E-state index contributed by atoms with van der Waals surface area (Å²) in [5.74, 6) is 2.18. The van der Waals surface area contributed by atoms with Gasteiger partial charge in [-0.05, 0) is 41.8 Å². The standard InChI is InChI=1S/C16H17ClO2/c1-12-8-13(10-17)6-7-16(12)19-15-5-3-4-14(9-15)11-18-2/h3-9H,10-11H2,1-2H3. The van der Waals surface area contributed by atoms with Crippen LogP contribution in [0.15, 0.2) is 42.5 Å². The number of aryl methyl sites for hydroxylation is 1. The average molecular weight is 277 g/mol. The van der Waals surface area contributed by atoms with E-state index in [-0.39, 0.29) is 0 Å². The van der Waals surface area contributed by atoms with Crippen LogP contribution >= 0.6 is 11.6 Å². The van der Waals surface area contributed by atoms with Crippen LogP contribution < -0.4 is 4.74 Å². The minimum atomic E-state index is 0.518. The van der Waals surface area contributed by atoms with E-state index in [1.54, 1.807) is 7.11 Å². The van der Waals surface area contributed by atoms with Crippen LogP contribution in [0.3, 0.4) is 0 Å². The van der Waals surface area contributed by atoms with Crippen molar-refractivity contribution in [2.45, 2.75) is 19.4 Å². The number of rotatable bonds is 5. The molecule has 0 aliphatic heterocycles. The first kappa shape index (κ1) is 13.9. The van der Waals surface area contributed by atoms with E-state index >= 15 is 0 Å². The fraction of sp³-hybridized carbons (Fsp3) is 0.250. The highest BCUT2D eigenvalue weighted by molar-refractivity contribution is 6.17. The van der Waals surface area contributed by atoms with E-state index in [0.29, 0.717) is 12.5 Å². The minimum Gasteiger partial charge on any atom is -0.457 e. The maximum Gasteiger partial charge on any atom is 0.130 e. The number of methoxy groups -OCH3 is 1. The second kappa shape index (κ2) is 6.60. The van der Waals surface area contributed by atoms with E-state index in [4.69, 9.17) is 21.1 Å². The molecule has 0 bridgehead atoms. The number of benzene rings is 2. The summed E-state index contributed by atoms with van der Waals surface area (Å²) < 4.78 is 11.0. The van der Waals surface area contributed by atoms with Crippen LogP contribution in [0.4, 0.5) is 0 Å². The van der Waals surface area contributed by atoms with Crippen LogP contribution in [0.5, 0.6) is 11.5 Å². The van der Waals surface area contributed by atoms with E-state index in [9.17, 15) is 0 Å². The molecule has 100 valence electrons. The summed E-state index contributed by atoms with van der Waals surface area (Å²) in [5, 5.41) is 0. The summed E-state index contributed by atoms with van der Waals surface area (Å²) in [4.78, 5) is 0. The van der Waals surface area contributed by atoms with Gasteiger partial charge in [-0.1, -0.05) is 24.3 Å². The summed E-state index contributed by atoms with van der Waals surface area (Å²) >= 11 is 5.81. The summed E-state index contributed by atoms with van der Waals surface area (Å²) in [6, 6.07) is 13.9. The Kier molecular flexibility index (Phi) is 4.83. The molecule has 0 amide bonds. The molecule has 2 aromatic rings. The molecule has 0 aromatic heterocycles. The van der Waals surface area contributed by atoms with Crippen molar-refractivity contribution in [2.24, 2.45) is 0 Å². The zero-order chi connectivity index (χ0) is 13.7. The highest BCUT2D eigenvalue weighted by Gasteiger charge is 2.03. The smallest absolute Gasteiger partial charge is 0.130 e. The van der Waals surface area contributed by atoms with Gasteiger partial charge in [-0.25, -0.2) is 0 Å². The van der Waals surface area contributed by atoms with E-state index in [1.165, 1.54) is 0 Å². The lowest BCUT2D eigenvalue weighted by Gasteiger charge is -2.10. The molecule has 2 rings (SSSR count). The van der Waals surface area contributed by atoms with Gasteiger partial charge in [-0.2, -0.15) is 0 Å². The predicted molar refractivity (Wildman–Crippen MR) is 78.0 cm³/mol. The monoisotopic (exact) mass is 276 g/mol. The zero-order valence-corrected chi connectivity index (χ0v) is 11.9. The van der Waals surface area contributed by atoms with Crippen molar-refractivity contribution in [1.29, 1.82) is 0 Å². The van der Waals surface area contributed by atoms with Gasteiger partial charge in [-0.15, -0.1) is 11.6 Å². The first-order valence-corrected chi connectivity index (χ1v) is 6.67. The van der Waals surface area contributed by atoms with Crippen LogP contribution in [0.1, 0.15) is 16.7 Å². The molecular weight excluding hydrogens is 260 g/mol. The van der Waals surface area contributed by atoms with Gasteiger partial charge < -0.3 is 9.47 Å². The van der Waals surface area contributed by atoms with Crippen molar-refractivity contribution in [3.63, 3.8) is 0 Å². The van der Waals surface area contributed by atoms with Crippen molar-refractivity contribution in [3.05, 3.63) is 59.2 Å². The van der Waals surface area contributed by atoms with Crippen molar-refractivity contribution in [1.82, 2.24) is 0 Å². The lowest BCUT2D eigenvalue weighted by molar-refractivity contribution is 0.184. The normalized spacial score (nSPS) is 10.5. The Bertz CT molecular complexity index is 552. The second-order valence-corrected chi connectivity index (χ2v) is 4.68. The van der Waals surface area contributed by atoms with Gasteiger partial charge in [0.15, 0.2) is 0 Å². The van der Waals surface area contributed by atoms with Crippen molar-refractivity contribution < 1.29 is 9.47 Å². The summed E-state index contributed by atoms with van der Waals surface area (Å²) in [6.45, 7) is 2.60. The minimum absolute atomic E-state index is 0.518. The molecule has 0 saturated carbocycles. The van der Waals surface area contributed by atoms with E-state index in [2.05, 4.69) is 0 Å². The molecule has 0 fully saturated rings. The fourth-order valence-electron chi connectivity index (χ4n) is 1.90. The van der Waals surface area contributed by atoms with E-state index < -0.39 is 0 Å². The highest BCUT2D eigenvalue weighted by Crippen LogP contribution is 2.26. The summed E-state index contributed by atoms with van der Waals surface area (Å²) in [5.41, 5.74) is 3.27. The van der Waals surface area contributed by atoms with Gasteiger partial charge >= 0.3 is 0 Å². The molecule has 0 heterocycles. The third kappa shape index (κ3) is 3.72. The number of hydrogen-bond donors (Lipinski definition) is 0. The Hall–Kier alpha value is -1.51. The lowest BCUT2D eigenvalue weighted by atomic mass is 10.1. The van der Waals surface area contributed by atoms with Crippen LogP contribution in [0, 0.1) is 6.92 Å². The van der Waals surface area contributed by atoms with Crippen LogP contribution in [0.25, 0.3) is 0 Å².